The molecule has 1 aliphatic carbocycles. The molecular weight excluding hydrogens is 160 g/mol. The summed E-state index contributed by atoms with van der Waals surface area (Å²) in [5, 5.41) is 0. The van der Waals surface area contributed by atoms with Crippen LogP contribution in [0.3, 0.4) is 0 Å². The number of nitrogens with one attached hydrogen (secondary N) is 1. The van der Waals surface area contributed by atoms with Gasteiger partial charge in [-0.25, -0.2) is 5.43 Å². The Morgan fingerprint density at radius 2 is 1.69 bits per heavy atom. The van der Waals surface area contributed by atoms with Gasteiger partial charge < -0.3 is 0 Å². The molecule has 0 amide bonds. The van der Waals surface area contributed by atoms with Gasteiger partial charge in [-0.15, -0.1) is 6.42 Å². The molecule has 2 heteroatoms. The van der Waals surface area contributed by atoms with E-state index in [0.29, 0.717) is 5.92 Å². The smallest absolute Gasteiger partial charge is 0.0842 e. The average Bonchev–Trinajstić information content (AvgIpc) is 2.09. The molecule has 0 aromatic rings. The fraction of sp³-hybridized carbons (Fsp3) is 0.818. The average molecular weight is 180 g/mol. The molecule has 0 aromatic carbocycles. The highest BCUT2D eigenvalue weighted by Gasteiger charge is 2.18. The van der Waals surface area contributed by atoms with E-state index in [-0.39, 0.29) is 6.04 Å². The van der Waals surface area contributed by atoms with Crippen molar-refractivity contribution in [3.05, 3.63) is 0 Å². The molecule has 1 fully saturated rings. The zero-order chi connectivity index (χ0) is 9.52. The van der Waals surface area contributed by atoms with Crippen molar-refractivity contribution in [2.24, 2.45) is 11.8 Å². The number of hydrogen-bond donors (Lipinski definition) is 2. The zero-order valence-corrected chi connectivity index (χ0v) is 8.26. The minimum Gasteiger partial charge on any atom is -0.270 e. The van der Waals surface area contributed by atoms with E-state index in [0.717, 1.165) is 0 Å². The normalized spacial score (nSPS) is 22.8. The van der Waals surface area contributed by atoms with Crippen molar-refractivity contribution in [3.63, 3.8) is 0 Å². The highest BCUT2D eigenvalue weighted by molar-refractivity contribution is 5.01. The van der Waals surface area contributed by atoms with Gasteiger partial charge in [0.25, 0.3) is 0 Å². The van der Waals surface area contributed by atoms with Crippen LogP contribution in [0.2, 0.25) is 0 Å². The maximum atomic E-state index is 5.41. The van der Waals surface area contributed by atoms with Gasteiger partial charge in [-0.2, -0.15) is 0 Å². The van der Waals surface area contributed by atoms with Gasteiger partial charge in [0.1, 0.15) is 0 Å². The van der Waals surface area contributed by atoms with Crippen LogP contribution in [0.5, 0.6) is 0 Å². The standard InChI is InChI=1S/C11H20N2/c1-2-11(13-12)10-8-6-4-3-5-7-9-10/h1,10-11,13H,3-9,12H2. The van der Waals surface area contributed by atoms with Crippen LogP contribution in [-0.4, -0.2) is 6.04 Å². The van der Waals surface area contributed by atoms with E-state index in [9.17, 15) is 0 Å². The van der Waals surface area contributed by atoms with E-state index >= 15 is 0 Å². The second kappa shape index (κ2) is 6.01. The molecule has 0 heterocycles. The maximum absolute atomic E-state index is 5.41. The van der Waals surface area contributed by atoms with Crippen LogP contribution in [-0.2, 0) is 0 Å². The van der Waals surface area contributed by atoms with Gasteiger partial charge in [-0.1, -0.05) is 38.0 Å². The van der Waals surface area contributed by atoms with Crippen molar-refractivity contribution < 1.29 is 0 Å². The Morgan fingerprint density at radius 3 is 2.15 bits per heavy atom. The van der Waals surface area contributed by atoms with Gasteiger partial charge >= 0.3 is 0 Å². The highest BCUT2D eigenvalue weighted by Crippen LogP contribution is 2.24. The molecule has 0 spiro atoms. The molecule has 1 aliphatic rings. The number of terminal acetylenes is 1. The maximum Gasteiger partial charge on any atom is 0.0842 e. The largest absolute Gasteiger partial charge is 0.270 e. The SMILES string of the molecule is C#CC(NN)C1CCCCCCC1. The van der Waals surface area contributed by atoms with Gasteiger partial charge in [0.15, 0.2) is 0 Å². The van der Waals surface area contributed by atoms with E-state index in [1.54, 1.807) is 0 Å². The third kappa shape index (κ3) is 3.38. The van der Waals surface area contributed by atoms with Crippen LogP contribution in [0, 0.1) is 18.3 Å². The molecule has 1 unspecified atom stereocenters. The first-order chi connectivity index (χ1) is 6.38. The van der Waals surface area contributed by atoms with E-state index in [4.69, 9.17) is 12.3 Å². The van der Waals surface area contributed by atoms with Crippen molar-refractivity contribution in [1.82, 2.24) is 5.43 Å². The lowest BCUT2D eigenvalue weighted by Gasteiger charge is -2.24. The third-order valence-electron chi connectivity index (χ3n) is 2.98. The molecule has 0 aliphatic heterocycles. The summed E-state index contributed by atoms with van der Waals surface area (Å²) in [5.41, 5.74) is 2.73. The lowest BCUT2D eigenvalue weighted by atomic mass is 9.86. The summed E-state index contributed by atoms with van der Waals surface area (Å²) < 4.78 is 0. The Kier molecular flexibility index (Phi) is 4.88. The minimum absolute atomic E-state index is 0.0816. The summed E-state index contributed by atoms with van der Waals surface area (Å²) >= 11 is 0. The summed E-state index contributed by atoms with van der Waals surface area (Å²) in [6.45, 7) is 0. The van der Waals surface area contributed by atoms with E-state index in [2.05, 4.69) is 11.3 Å². The first kappa shape index (κ1) is 10.6. The van der Waals surface area contributed by atoms with Crippen molar-refractivity contribution in [2.75, 3.05) is 0 Å². The molecule has 13 heavy (non-hydrogen) atoms. The van der Waals surface area contributed by atoms with Crippen molar-refractivity contribution in [2.45, 2.75) is 51.0 Å². The molecule has 3 N–H and O–H groups in total. The summed E-state index contributed by atoms with van der Waals surface area (Å²) in [6.07, 6.45) is 14.6. The minimum atomic E-state index is 0.0816. The molecule has 0 saturated heterocycles. The summed E-state index contributed by atoms with van der Waals surface area (Å²) in [6, 6.07) is 0.0816. The van der Waals surface area contributed by atoms with Crippen LogP contribution in [0.1, 0.15) is 44.9 Å². The monoisotopic (exact) mass is 180 g/mol. The Hall–Kier alpha value is -0.520. The molecule has 1 atom stereocenters. The molecule has 1 rings (SSSR count). The van der Waals surface area contributed by atoms with Gasteiger partial charge in [-0.3, -0.25) is 5.84 Å². The van der Waals surface area contributed by atoms with Crippen molar-refractivity contribution in [1.29, 1.82) is 0 Å². The second-order valence-electron chi connectivity index (χ2n) is 3.92. The molecule has 0 aromatic heterocycles. The fourth-order valence-electron chi connectivity index (χ4n) is 2.14. The molecular formula is C11H20N2. The summed E-state index contributed by atoms with van der Waals surface area (Å²) in [7, 11) is 0. The molecule has 0 radical (unpaired) electrons. The Balaban J connectivity index is 2.40. The predicted octanol–water partition coefficient (Wildman–Crippen LogP) is 1.81. The van der Waals surface area contributed by atoms with E-state index in [1.165, 1.54) is 44.9 Å². The number of hydrazine groups is 1. The first-order valence-corrected chi connectivity index (χ1v) is 5.30. The molecule has 2 nitrogen and oxygen atoms in total. The Labute approximate surface area is 81.2 Å². The van der Waals surface area contributed by atoms with E-state index in [1.807, 2.05) is 0 Å². The molecule has 74 valence electrons. The lowest BCUT2D eigenvalue weighted by molar-refractivity contribution is 0.327. The van der Waals surface area contributed by atoms with Crippen LogP contribution in [0.15, 0.2) is 0 Å². The van der Waals surface area contributed by atoms with E-state index < -0.39 is 0 Å². The van der Waals surface area contributed by atoms with Crippen molar-refractivity contribution in [3.8, 4) is 12.3 Å². The zero-order valence-electron chi connectivity index (χ0n) is 8.26. The topological polar surface area (TPSA) is 38.0 Å². The third-order valence-corrected chi connectivity index (χ3v) is 2.98. The quantitative estimate of drug-likeness (QED) is 0.386. The fourth-order valence-corrected chi connectivity index (χ4v) is 2.14. The van der Waals surface area contributed by atoms with Crippen molar-refractivity contribution >= 4 is 0 Å². The van der Waals surface area contributed by atoms with Crippen LogP contribution < -0.4 is 11.3 Å². The Bertz CT molecular complexity index is 163. The van der Waals surface area contributed by atoms with Gasteiger partial charge in [0, 0.05) is 0 Å². The predicted molar refractivity (Wildman–Crippen MR) is 55.8 cm³/mol. The van der Waals surface area contributed by atoms with Crippen LogP contribution in [0.25, 0.3) is 0 Å². The van der Waals surface area contributed by atoms with Gasteiger partial charge in [0.05, 0.1) is 6.04 Å². The summed E-state index contributed by atoms with van der Waals surface area (Å²) in [4.78, 5) is 0. The first-order valence-electron chi connectivity index (χ1n) is 5.30. The van der Waals surface area contributed by atoms with Crippen LogP contribution >= 0.6 is 0 Å². The Morgan fingerprint density at radius 1 is 1.15 bits per heavy atom. The number of rotatable bonds is 2. The summed E-state index contributed by atoms with van der Waals surface area (Å²) in [5.74, 6) is 8.74. The van der Waals surface area contributed by atoms with Gasteiger partial charge in [0.2, 0.25) is 0 Å². The van der Waals surface area contributed by atoms with Crippen LogP contribution in [0.4, 0.5) is 0 Å². The molecule has 1 saturated carbocycles. The lowest BCUT2D eigenvalue weighted by Crippen LogP contribution is -2.40. The number of hydrogen-bond acceptors (Lipinski definition) is 2. The number of nitrogens with two attached hydrogens (primary N) is 1. The second-order valence-corrected chi connectivity index (χ2v) is 3.92. The highest BCUT2D eigenvalue weighted by atomic mass is 15.2. The molecule has 0 bridgehead atoms. The van der Waals surface area contributed by atoms with Gasteiger partial charge in [-0.05, 0) is 18.8 Å².